The maximum absolute atomic E-state index is 14.3. The van der Waals surface area contributed by atoms with Crippen LogP contribution in [-0.2, 0) is 10.9 Å². The van der Waals surface area contributed by atoms with Crippen molar-refractivity contribution in [3.8, 4) is 0 Å². The Morgan fingerprint density at radius 3 is 2.81 bits per heavy atom. The van der Waals surface area contributed by atoms with E-state index in [1.807, 2.05) is 7.05 Å². The molecule has 1 saturated heterocycles. The second-order valence-electron chi connectivity index (χ2n) is 5.78. The highest BCUT2D eigenvalue weighted by Crippen LogP contribution is 2.36. The predicted molar refractivity (Wildman–Crippen MR) is 76.9 cm³/mol. The molecule has 21 heavy (non-hydrogen) atoms. The molecule has 1 atom stereocenters. The van der Waals surface area contributed by atoms with Crippen LogP contribution in [0.25, 0.3) is 0 Å². The van der Waals surface area contributed by atoms with Gasteiger partial charge in [-0.1, -0.05) is 0 Å². The van der Waals surface area contributed by atoms with E-state index in [0.717, 1.165) is 43.2 Å². The van der Waals surface area contributed by atoms with Crippen molar-refractivity contribution in [1.82, 2.24) is 20.1 Å². The minimum atomic E-state index is -2.97. The molecule has 0 amide bonds. The zero-order chi connectivity index (χ0) is 15.0. The van der Waals surface area contributed by atoms with Gasteiger partial charge in [-0.3, -0.25) is 0 Å². The molecule has 2 aliphatic rings. The number of hydrogen-bond acceptors (Lipinski definition) is 5. The first-order chi connectivity index (χ1) is 10.1. The lowest BCUT2D eigenvalue weighted by atomic mass is 10.1. The summed E-state index contributed by atoms with van der Waals surface area (Å²) in [5.74, 6) is -0.589. The molecule has 7 nitrogen and oxygen atoms in total. The number of anilines is 1. The van der Waals surface area contributed by atoms with Crippen LogP contribution < -0.4 is 9.84 Å². The van der Waals surface area contributed by atoms with E-state index < -0.39 is 16.8 Å². The zero-order valence-corrected chi connectivity index (χ0v) is 12.8. The maximum Gasteiger partial charge on any atom is 0.238 e. The van der Waals surface area contributed by atoms with Gasteiger partial charge in [0.15, 0.2) is 0 Å². The molecule has 0 aromatic carbocycles. The Bertz CT molecular complexity index is 578. The summed E-state index contributed by atoms with van der Waals surface area (Å²) in [6.07, 6.45) is 4.91. The van der Waals surface area contributed by atoms with E-state index in [9.17, 15) is 12.8 Å². The number of nitrogens with one attached hydrogen (secondary N) is 1. The predicted octanol–water partition coefficient (Wildman–Crippen LogP) is 0.289. The van der Waals surface area contributed by atoms with Crippen molar-refractivity contribution in [2.24, 2.45) is 0 Å². The standard InChI is InChI=1S/C12H20FN5O2S/c1-16-6-2-3-9(8-16)15-18(21(19)20)11-7-14-17(12(11)13)10-4-5-10/h7,9-10,15,21H,2-6,8H2,1H3. The van der Waals surface area contributed by atoms with Gasteiger partial charge in [0.05, 0.1) is 12.2 Å². The SMILES string of the molecule is CN1CCCC(NN(c2cnn(C3CC3)c2F)[SH](=O)=O)C1. The van der Waals surface area contributed by atoms with Gasteiger partial charge in [-0.05, 0) is 39.3 Å². The van der Waals surface area contributed by atoms with Crippen molar-refractivity contribution >= 4 is 16.6 Å². The molecule has 1 aliphatic carbocycles. The minimum absolute atomic E-state index is 0.0136. The van der Waals surface area contributed by atoms with E-state index in [1.165, 1.54) is 10.9 Å². The highest BCUT2D eigenvalue weighted by molar-refractivity contribution is 7.73. The van der Waals surface area contributed by atoms with Crippen LogP contribution in [0.1, 0.15) is 31.7 Å². The van der Waals surface area contributed by atoms with Crippen molar-refractivity contribution in [2.75, 3.05) is 24.6 Å². The third-order valence-corrected chi connectivity index (χ3v) is 4.59. The van der Waals surface area contributed by atoms with Gasteiger partial charge < -0.3 is 4.90 Å². The Kier molecular flexibility index (Phi) is 4.14. The summed E-state index contributed by atoms with van der Waals surface area (Å²) in [6.45, 7) is 1.73. The molecule has 2 heterocycles. The smallest absolute Gasteiger partial charge is 0.238 e. The molecule has 1 saturated carbocycles. The van der Waals surface area contributed by atoms with Gasteiger partial charge >= 0.3 is 0 Å². The average molecular weight is 317 g/mol. The fourth-order valence-electron chi connectivity index (χ4n) is 2.70. The second-order valence-corrected chi connectivity index (χ2v) is 6.65. The Labute approximate surface area is 124 Å². The number of nitrogens with zero attached hydrogens (tertiary/aromatic N) is 4. The van der Waals surface area contributed by atoms with Crippen LogP contribution in [0.5, 0.6) is 0 Å². The van der Waals surface area contributed by atoms with Gasteiger partial charge in [0, 0.05) is 12.6 Å². The third-order valence-electron chi connectivity index (χ3n) is 3.93. The average Bonchev–Trinajstić information content (AvgIpc) is 3.20. The molecule has 2 fully saturated rings. The molecular weight excluding hydrogens is 297 g/mol. The summed E-state index contributed by atoms with van der Waals surface area (Å²) in [5, 5.41) is 3.97. The molecule has 3 rings (SSSR count). The summed E-state index contributed by atoms with van der Waals surface area (Å²) in [4.78, 5) is 2.13. The van der Waals surface area contributed by atoms with Crippen LogP contribution in [0.2, 0.25) is 0 Å². The number of likely N-dealkylation sites (N-methyl/N-ethyl adjacent to an activating group) is 1. The fraction of sp³-hybridized carbons (Fsp3) is 0.750. The van der Waals surface area contributed by atoms with Gasteiger partial charge in [-0.25, -0.2) is 18.5 Å². The Balaban J connectivity index is 1.78. The van der Waals surface area contributed by atoms with Gasteiger partial charge in [0.2, 0.25) is 16.8 Å². The molecular formula is C12H20FN5O2S. The minimum Gasteiger partial charge on any atom is -0.305 e. The van der Waals surface area contributed by atoms with E-state index in [2.05, 4.69) is 15.4 Å². The van der Waals surface area contributed by atoms with E-state index in [0.29, 0.717) is 0 Å². The monoisotopic (exact) mass is 317 g/mol. The fourth-order valence-corrected chi connectivity index (χ4v) is 3.27. The normalized spacial score (nSPS) is 23.7. The molecule has 9 heteroatoms. The van der Waals surface area contributed by atoms with Gasteiger partial charge in [-0.15, -0.1) is 0 Å². The van der Waals surface area contributed by atoms with Crippen molar-refractivity contribution in [1.29, 1.82) is 0 Å². The summed E-state index contributed by atoms with van der Waals surface area (Å²) >= 11 is 0. The first-order valence-corrected chi connectivity index (χ1v) is 8.31. The van der Waals surface area contributed by atoms with Crippen LogP contribution in [-0.4, -0.2) is 49.3 Å². The van der Waals surface area contributed by atoms with E-state index in [-0.39, 0.29) is 17.8 Å². The quantitative estimate of drug-likeness (QED) is 0.603. The van der Waals surface area contributed by atoms with Crippen molar-refractivity contribution in [2.45, 2.75) is 37.8 Å². The first kappa shape index (κ1) is 14.7. The largest absolute Gasteiger partial charge is 0.305 e. The van der Waals surface area contributed by atoms with Crippen LogP contribution in [0.15, 0.2) is 6.20 Å². The lowest BCUT2D eigenvalue weighted by Gasteiger charge is -2.32. The van der Waals surface area contributed by atoms with Gasteiger partial charge in [-0.2, -0.15) is 13.9 Å². The molecule has 1 N–H and O–H groups in total. The molecule has 0 bridgehead atoms. The number of piperidine rings is 1. The van der Waals surface area contributed by atoms with Crippen LogP contribution >= 0.6 is 0 Å². The van der Waals surface area contributed by atoms with Gasteiger partial charge in [0.25, 0.3) is 0 Å². The number of hydrogen-bond donors (Lipinski definition) is 2. The molecule has 0 radical (unpaired) electrons. The lowest BCUT2D eigenvalue weighted by Crippen LogP contribution is -2.51. The molecule has 0 spiro atoms. The Morgan fingerprint density at radius 2 is 2.19 bits per heavy atom. The second kappa shape index (κ2) is 5.90. The maximum atomic E-state index is 14.3. The zero-order valence-electron chi connectivity index (χ0n) is 11.9. The molecule has 1 unspecified atom stereocenters. The van der Waals surface area contributed by atoms with E-state index in [1.54, 1.807) is 0 Å². The molecule has 1 aromatic heterocycles. The topological polar surface area (TPSA) is 70.5 Å². The molecule has 1 aliphatic heterocycles. The summed E-state index contributed by atoms with van der Waals surface area (Å²) in [5.41, 5.74) is 2.90. The van der Waals surface area contributed by atoms with Crippen LogP contribution in [0.4, 0.5) is 10.1 Å². The van der Waals surface area contributed by atoms with Crippen molar-refractivity contribution in [3.05, 3.63) is 12.1 Å². The van der Waals surface area contributed by atoms with Crippen molar-refractivity contribution < 1.29 is 12.8 Å². The number of thiol groups is 1. The number of rotatable bonds is 5. The first-order valence-electron chi connectivity index (χ1n) is 7.18. The summed E-state index contributed by atoms with van der Waals surface area (Å²) < 4.78 is 39.5. The lowest BCUT2D eigenvalue weighted by molar-refractivity contribution is 0.229. The van der Waals surface area contributed by atoms with Gasteiger partial charge in [0.1, 0.15) is 5.69 Å². The number of aromatic nitrogens is 2. The Morgan fingerprint density at radius 1 is 1.43 bits per heavy atom. The van der Waals surface area contributed by atoms with Crippen molar-refractivity contribution in [3.63, 3.8) is 0 Å². The number of likely N-dealkylation sites (tertiary alicyclic amines) is 1. The summed E-state index contributed by atoms with van der Waals surface area (Å²) in [6, 6.07) is 0.0614. The molecule has 118 valence electrons. The van der Waals surface area contributed by atoms with Crippen LogP contribution in [0.3, 0.4) is 0 Å². The Hall–Kier alpha value is -1.19. The van der Waals surface area contributed by atoms with Crippen LogP contribution in [0, 0.1) is 5.95 Å². The molecule has 1 aromatic rings. The summed E-state index contributed by atoms with van der Waals surface area (Å²) in [7, 11) is -0.983. The number of hydrazine groups is 1. The highest BCUT2D eigenvalue weighted by Gasteiger charge is 2.31. The third kappa shape index (κ3) is 3.19. The number of halogens is 1. The highest BCUT2D eigenvalue weighted by atomic mass is 32.2. The van der Waals surface area contributed by atoms with E-state index in [4.69, 9.17) is 0 Å². The van der Waals surface area contributed by atoms with E-state index >= 15 is 0 Å².